The average molecular weight is 411 g/mol. The first kappa shape index (κ1) is 19.7. The van der Waals surface area contributed by atoms with Gasteiger partial charge in [-0.15, -0.1) is 0 Å². The highest BCUT2D eigenvalue weighted by Crippen LogP contribution is 2.15. The highest BCUT2D eigenvalue weighted by molar-refractivity contribution is 7.99. The number of halogens is 1. The summed E-state index contributed by atoms with van der Waals surface area (Å²) in [7, 11) is 0. The van der Waals surface area contributed by atoms with E-state index in [9.17, 15) is 9.18 Å². The van der Waals surface area contributed by atoms with Crippen molar-refractivity contribution in [3.63, 3.8) is 0 Å². The van der Waals surface area contributed by atoms with Crippen LogP contribution in [0.3, 0.4) is 0 Å². The number of nitrogens with zero attached hydrogens (tertiary/aromatic N) is 3. The first-order valence-electron chi connectivity index (χ1n) is 9.70. The lowest BCUT2D eigenvalue weighted by Gasteiger charge is -2.26. The van der Waals surface area contributed by atoms with Gasteiger partial charge in [-0.3, -0.25) is 4.79 Å². The summed E-state index contributed by atoms with van der Waals surface area (Å²) >= 11 is 2.02. The Bertz CT molecular complexity index is 967. The molecular formula is C22H23FN4OS. The minimum absolute atomic E-state index is 0.236. The standard InChI is InChI=1S/C22H23FN4OS/c23-19-3-1-2-4-21(19)27-12-10-20(25-27)22(28)24-18-7-5-17(6-8-18)9-11-26-13-15-29-16-14-26/h1-8,10,12H,9,11,13-16H2,(H,24,28). The van der Waals surface area contributed by atoms with Crippen LogP contribution in [0.5, 0.6) is 0 Å². The molecule has 150 valence electrons. The van der Waals surface area contributed by atoms with Gasteiger partial charge in [0.15, 0.2) is 5.69 Å². The molecule has 0 aliphatic carbocycles. The van der Waals surface area contributed by atoms with Crippen LogP contribution in [0.4, 0.5) is 10.1 Å². The van der Waals surface area contributed by atoms with Gasteiger partial charge < -0.3 is 10.2 Å². The molecule has 0 spiro atoms. The molecule has 7 heteroatoms. The van der Waals surface area contributed by atoms with Gasteiger partial charge >= 0.3 is 0 Å². The fourth-order valence-corrected chi connectivity index (χ4v) is 4.26. The van der Waals surface area contributed by atoms with E-state index in [-0.39, 0.29) is 17.4 Å². The number of benzene rings is 2. The van der Waals surface area contributed by atoms with Crippen LogP contribution in [0.1, 0.15) is 16.1 Å². The summed E-state index contributed by atoms with van der Waals surface area (Å²) in [6.07, 6.45) is 2.58. The SMILES string of the molecule is O=C(Nc1ccc(CCN2CCSCC2)cc1)c1ccn(-c2ccccc2F)n1. The molecule has 1 aromatic heterocycles. The predicted molar refractivity (Wildman–Crippen MR) is 115 cm³/mol. The van der Waals surface area contributed by atoms with Crippen LogP contribution in [0, 0.1) is 5.82 Å². The van der Waals surface area contributed by atoms with Gasteiger partial charge in [-0.1, -0.05) is 24.3 Å². The molecule has 1 aliphatic rings. The fourth-order valence-electron chi connectivity index (χ4n) is 3.28. The normalized spacial score (nSPS) is 14.7. The number of rotatable bonds is 6. The Balaban J connectivity index is 1.34. The Morgan fingerprint density at radius 1 is 1.07 bits per heavy atom. The Hall–Kier alpha value is -2.64. The van der Waals surface area contributed by atoms with Gasteiger partial charge in [0.2, 0.25) is 0 Å². The number of aromatic nitrogens is 2. The molecule has 1 fully saturated rings. The van der Waals surface area contributed by atoms with Crippen molar-refractivity contribution in [3.05, 3.63) is 77.9 Å². The van der Waals surface area contributed by atoms with E-state index in [1.54, 1.807) is 30.5 Å². The summed E-state index contributed by atoms with van der Waals surface area (Å²) < 4.78 is 15.3. The zero-order chi connectivity index (χ0) is 20.1. The Morgan fingerprint density at radius 2 is 1.83 bits per heavy atom. The first-order chi connectivity index (χ1) is 14.2. The smallest absolute Gasteiger partial charge is 0.276 e. The molecule has 0 bridgehead atoms. The molecule has 1 amide bonds. The van der Waals surface area contributed by atoms with E-state index in [4.69, 9.17) is 0 Å². The number of carbonyl (C=O) groups excluding carboxylic acids is 1. The third kappa shape index (κ3) is 5.05. The van der Waals surface area contributed by atoms with E-state index in [2.05, 4.69) is 15.3 Å². The van der Waals surface area contributed by atoms with Crippen molar-refractivity contribution in [2.75, 3.05) is 36.5 Å². The molecule has 0 radical (unpaired) electrons. The average Bonchev–Trinajstić information content (AvgIpc) is 3.24. The van der Waals surface area contributed by atoms with Crippen LogP contribution in [0.2, 0.25) is 0 Å². The van der Waals surface area contributed by atoms with Crippen molar-refractivity contribution in [2.45, 2.75) is 6.42 Å². The van der Waals surface area contributed by atoms with Crippen molar-refractivity contribution >= 4 is 23.4 Å². The maximum Gasteiger partial charge on any atom is 0.276 e. The number of thioether (sulfide) groups is 1. The molecular weight excluding hydrogens is 387 g/mol. The van der Waals surface area contributed by atoms with E-state index in [1.165, 1.54) is 40.9 Å². The Kier molecular flexibility index (Phi) is 6.27. The molecule has 1 N–H and O–H groups in total. The van der Waals surface area contributed by atoms with E-state index >= 15 is 0 Å². The van der Waals surface area contributed by atoms with E-state index in [0.29, 0.717) is 11.4 Å². The lowest BCUT2D eigenvalue weighted by molar-refractivity contribution is 0.102. The summed E-state index contributed by atoms with van der Waals surface area (Å²) in [4.78, 5) is 15.0. The summed E-state index contributed by atoms with van der Waals surface area (Å²) in [6.45, 7) is 3.40. The molecule has 2 heterocycles. The number of hydrogen-bond donors (Lipinski definition) is 1. The molecule has 0 atom stereocenters. The van der Waals surface area contributed by atoms with Gasteiger partial charge in [-0.25, -0.2) is 9.07 Å². The molecule has 4 rings (SSSR count). The summed E-state index contributed by atoms with van der Waals surface area (Å²) in [5.41, 5.74) is 2.52. The van der Waals surface area contributed by atoms with Gasteiger partial charge in [-0.2, -0.15) is 16.9 Å². The maximum absolute atomic E-state index is 13.9. The molecule has 2 aromatic carbocycles. The molecule has 0 unspecified atom stereocenters. The molecule has 5 nitrogen and oxygen atoms in total. The highest BCUT2D eigenvalue weighted by atomic mass is 32.2. The number of hydrogen-bond acceptors (Lipinski definition) is 4. The van der Waals surface area contributed by atoms with Crippen molar-refractivity contribution in [1.82, 2.24) is 14.7 Å². The van der Waals surface area contributed by atoms with Crippen molar-refractivity contribution in [1.29, 1.82) is 0 Å². The molecule has 3 aromatic rings. The van der Waals surface area contributed by atoms with E-state index in [0.717, 1.165) is 13.0 Å². The molecule has 0 saturated carbocycles. The second-order valence-corrected chi connectivity index (χ2v) is 8.18. The monoisotopic (exact) mass is 410 g/mol. The van der Waals surface area contributed by atoms with E-state index in [1.807, 2.05) is 36.0 Å². The maximum atomic E-state index is 13.9. The summed E-state index contributed by atoms with van der Waals surface area (Å²) in [5.74, 6) is 1.73. The number of anilines is 1. The first-order valence-corrected chi connectivity index (χ1v) is 10.9. The number of amides is 1. The van der Waals surface area contributed by atoms with Crippen molar-refractivity contribution in [3.8, 4) is 5.69 Å². The van der Waals surface area contributed by atoms with Gasteiger partial charge in [0.25, 0.3) is 5.91 Å². The number of nitrogens with one attached hydrogen (secondary N) is 1. The van der Waals surface area contributed by atoms with Crippen LogP contribution in [-0.2, 0) is 6.42 Å². The summed E-state index contributed by atoms with van der Waals surface area (Å²) in [5, 5.41) is 7.04. The third-order valence-electron chi connectivity index (χ3n) is 4.95. The molecule has 1 aliphatic heterocycles. The lowest BCUT2D eigenvalue weighted by atomic mass is 10.1. The van der Waals surface area contributed by atoms with Crippen molar-refractivity contribution < 1.29 is 9.18 Å². The minimum Gasteiger partial charge on any atom is -0.321 e. The van der Waals surface area contributed by atoms with Gasteiger partial charge in [0.1, 0.15) is 11.5 Å². The van der Waals surface area contributed by atoms with Crippen LogP contribution in [-0.4, -0.2) is 51.7 Å². The number of para-hydroxylation sites is 1. The van der Waals surface area contributed by atoms with Gasteiger partial charge in [-0.05, 0) is 42.3 Å². The Morgan fingerprint density at radius 3 is 2.59 bits per heavy atom. The molecule has 1 saturated heterocycles. The van der Waals surface area contributed by atoms with Gasteiger partial charge in [0.05, 0.1) is 0 Å². The largest absolute Gasteiger partial charge is 0.321 e. The Labute approximate surface area is 173 Å². The van der Waals surface area contributed by atoms with Crippen LogP contribution in [0.25, 0.3) is 5.69 Å². The van der Waals surface area contributed by atoms with Crippen LogP contribution >= 0.6 is 11.8 Å². The van der Waals surface area contributed by atoms with Gasteiger partial charge in [0, 0.05) is 43.0 Å². The summed E-state index contributed by atoms with van der Waals surface area (Å²) in [6, 6.07) is 15.8. The fraction of sp³-hybridized carbons (Fsp3) is 0.273. The third-order valence-corrected chi connectivity index (χ3v) is 5.90. The minimum atomic E-state index is -0.388. The highest BCUT2D eigenvalue weighted by Gasteiger charge is 2.13. The zero-order valence-corrected chi connectivity index (χ0v) is 16.9. The molecule has 29 heavy (non-hydrogen) atoms. The zero-order valence-electron chi connectivity index (χ0n) is 16.1. The van der Waals surface area contributed by atoms with Crippen molar-refractivity contribution in [2.24, 2.45) is 0 Å². The van der Waals surface area contributed by atoms with E-state index < -0.39 is 0 Å². The topological polar surface area (TPSA) is 50.2 Å². The second kappa shape index (κ2) is 9.24. The number of carbonyl (C=O) groups is 1. The quantitative estimate of drug-likeness (QED) is 0.671. The lowest BCUT2D eigenvalue weighted by Crippen LogP contribution is -2.34. The predicted octanol–water partition coefficient (Wildman–Crippen LogP) is 3.86. The van der Waals surface area contributed by atoms with Crippen LogP contribution < -0.4 is 5.32 Å². The van der Waals surface area contributed by atoms with Crippen LogP contribution in [0.15, 0.2) is 60.8 Å². The second-order valence-electron chi connectivity index (χ2n) is 6.95.